The molecule has 0 aromatic heterocycles. The highest BCUT2D eigenvalue weighted by molar-refractivity contribution is 6.17. The monoisotopic (exact) mass is 320 g/mol. The molecule has 1 saturated heterocycles. The van der Waals surface area contributed by atoms with Crippen molar-refractivity contribution in [1.29, 1.82) is 0 Å². The number of alkyl halides is 1. The van der Waals surface area contributed by atoms with Crippen LogP contribution in [0.1, 0.15) is 40.5 Å². The number of ether oxygens (including phenoxy) is 2. The van der Waals surface area contributed by atoms with Crippen LogP contribution >= 0.6 is 11.6 Å². The summed E-state index contributed by atoms with van der Waals surface area (Å²) in [4.78, 5) is 26.4. The summed E-state index contributed by atoms with van der Waals surface area (Å²) >= 11 is 5.48. The van der Waals surface area contributed by atoms with Gasteiger partial charge in [-0.15, -0.1) is 0 Å². The predicted molar refractivity (Wildman–Crippen MR) is 80.3 cm³/mol. The lowest BCUT2D eigenvalue weighted by Crippen LogP contribution is -2.61. The largest absolute Gasteiger partial charge is 0.448 e. The molecule has 1 heterocycles. The number of alkyl carbamates (subject to hydrolysis) is 1. The van der Waals surface area contributed by atoms with E-state index in [1.54, 1.807) is 20.8 Å². The summed E-state index contributed by atoms with van der Waals surface area (Å²) in [5, 5.41) is 2.70. The van der Waals surface area contributed by atoms with Crippen molar-refractivity contribution >= 4 is 23.7 Å². The van der Waals surface area contributed by atoms with E-state index in [0.29, 0.717) is 25.9 Å². The molecule has 0 bridgehead atoms. The third kappa shape index (κ3) is 5.36. The number of carbonyl (C=O) groups is 2. The van der Waals surface area contributed by atoms with E-state index in [2.05, 4.69) is 17.1 Å². The zero-order valence-electron chi connectivity index (χ0n) is 13.2. The minimum absolute atomic E-state index is 0.228. The number of hydrogen-bond acceptors (Lipinski definition) is 5. The molecule has 0 unspecified atom stereocenters. The Balaban J connectivity index is 2.79. The standard InChI is InChI=1S/C14H25ClN2O4/c1-5-17-8-6-14(7-9-17,11(18)20-10-15)16-12(19)21-13(2,3)4/h5-10H2,1-4H3,(H,16,19). The molecule has 0 aromatic carbocycles. The van der Waals surface area contributed by atoms with Gasteiger partial charge < -0.3 is 19.7 Å². The summed E-state index contributed by atoms with van der Waals surface area (Å²) in [6.07, 6.45) is 0.352. The molecule has 1 fully saturated rings. The molecular formula is C14H25ClN2O4. The number of esters is 1. The van der Waals surface area contributed by atoms with Crippen LogP contribution in [0.5, 0.6) is 0 Å². The van der Waals surface area contributed by atoms with Crippen molar-refractivity contribution in [3.63, 3.8) is 0 Å². The van der Waals surface area contributed by atoms with E-state index in [1.165, 1.54) is 0 Å². The van der Waals surface area contributed by atoms with E-state index in [1.807, 2.05) is 0 Å². The fourth-order valence-corrected chi connectivity index (χ4v) is 2.42. The average molecular weight is 321 g/mol. The highest BCUT2D eigenvalue weighted by Crippen LogP contribution is 2.25. The lowest BCUT2D eigenvalue weighted by Gasteiger charge is -2.40. The quantitative estimate of drug-likeness (QED) is 0.634. The van der Waals surface area contributed by atoms with Crippen LogP contribution in [0.3, 0.4) is 0 Å². The molecule has 0 atom stereocenters. The van der Waals surface area contributed by atoms with Crippen molar-refractivity contribution in [2.75, 3.05) is 25.7 Å². The molecule has 7 heteroatoms. The van der Waals surface area contributed by atoms with E-state index in [4.69, 9.17) is 21.1 Å². The minimum Gasteiger partial charge on any atom is -0.448 e. The molecule has 0 aliphatic carbocycles. The second-order valence-electron chi connectivity index (χ2n) is 6.18. The number of likely N-dealkylation sites (tertiary alicyclic amines) is 1. The first-order chi connectivity index (χ1) is 9.72. The van der Waals surface area contributed by atoms with Gasteiger partial charge in [-0.05, 0) is 40.2 Å². The van der Waals surface area contributed by atoms with E-state index >= 15 is 0 Å². The van der Waals surface area contributed by atoms with Crippen LogP contribution in [0.2, 0.25) is 0 Å². The lowest BCUT2D eigenvalue weighted by molar-refractivity contribution is -0.151. The zero-order valence-corrected chi connectivity index (χ0v) is 14.0. The van der Waals surface area contributed by atoms with Crippen molar-refractivity contribution < 1.29 is 19.1 Å². The second kappa shape index (κ2) is 7.31. The van der Waals surface area contributed by atoms with Gasteiger partial charge in [-0.2, -0.15) is 0 Å². The number of carbonyl (C=O) groups excluding carboxylic acids is 2. The highest BCUT2D eigenvalue weighted by Gasteiger charge is 2.44. The van der Waals surface area contributed by atoms with Crippen molar-refractivity contribution in [1.82, 2.24) is 10.2 Å². The van der Waals surface area contributed by atoms with E-state index < -0.39 is 23.2 Å². The van der Waals surface area contributed by atoms with Crippen molar-refractivity contribution in [3.05, 3.63) is 0 Å². The predicted octanol–water partition coefficient (Wildman–Crippen LogP) is 2.11. The molecule has 0 aromatic rings. The Labute approximate surface area is 131 Å². The Kier molecular flexibility index (Phi) is 6.28. The third-order valence-corrected chi connectivity index (χ3v) is 3.58. The van der Waals surface area contributed by atoms with Gasteiger partial charge in [-0.3, -0.25) is 0 Å². The van der Waals surface area contributed by atoms with Crippen LogP contribution in [-0.4, -0.2) is 53.8 Å². The van der Waals surface area contributed by atoms with Crippen LogP contribution in [-0.2, 0) is 14.3 Å². The minimum atomic E-state index is -1.05. The van der Waals surface area contributed by atoms with Crippen LogP contribution in [0.25, 0.3) is 0 Å². The fourth-order valence-electron chi connectivity index (χ4n) is 2.32. The van der Waals surface area contributed by atoms with Crippen molar-refractivity contribution in [2.24, 2.45) is 0 Å². The van der Waals surface area contributed by atoms with E-state index in [9.17, 15) is 9.59 Å². The molecule has 1 N–H and O–H groups in total. The summed E-state index contributed by atoms with van der Waals surface area (Å²) in [7, 11) is 0. The number of piperidine rings is 1. The number of nitrogens with one attached hydrogen (secondary N) is 1. The molecule has 0 radical (unpaired) electrons. The number of halogens is 1. The molecule has 0 spiro atoms. The average Bonchev–Trinajstić information content (AvgIpc) is 2.37. The fraction of sp³-hybridized carbons (Fsp3) is 0.857. The molecule has 1 aliphatic heterocycles. The van der Waals surface area contributed by atoms with Crippen LogP contribution in [0, 0.1) is 0 Å². The second-order valence-corrected chi connectivity index (χ2v) is 6.40. The summed E-state index contributed by atoms with van der Waals surface area (Å²) in [6.45, 7) is 9.72. The molecule has 21 heavy (non-hydrogen) atoms. The highest BCUT2D eigenvalue weighted by atomic mass is 35.5. The molecule has 1 amide bonds. The Morgan fingerprint density at radius 3 is 2.29 bits per heavy atom. The normalized spacial score (nSPS) is 18.9. The molecule has 122 valence electrons. The summed E-state index contributed by atoms with van der Waals surface area (Å²) in [5.41, 5.74) is -1.67. The Bertz CT molecular complexity index is 374. The van der Waals surface area contributed by atoms with Gasteiger partial charge in [-0.25, -0.2) is 9.59 Å². The Hall–Kier alpha value is -1.01. The lowest BCUT2D eigenvalue weighted by atomic mass is 9.87. The van der Waals surface area contributed by atoms with Crippen LogP contribution < -0.4 is 5.32 Å². The SMILES string of the molecule is CCN1CCC(NC(=O)OC(C)(C)C)(C(=O)OCCl)CC1. The van der Waals surface area contributed by atoms with Crippen LogP contribution in [0.15, 0.2) is 0 Å². The van der Waals surface area contributed by atoms with Gasteiger partial charge in [0.05, 0.1) is 0 Å². The van der Waals surface area contributed by atoms with Gasteiger partial charge in [-0.1, -0.05) is 18.5 Å². The molecular weight excluding hydrogens is 296 g/mol. The van der Waals surface area contributed by atoms with Crippen molar-refractivity contribution in [2.45, 2.75) is 51.7 Å². The van der Waals surface area contributed by atoms with Gasteiger partial charge in [0, 0.05) is 13.1 Å². The first-order valence-electron chi connectivity index (χ1n) is 7.19. The number of hydrogen-bond donors (Lipinski definition) is 1. The van der Waals surface area contributed by atoms with Gasteiger partial charge in [0.1, 0.15) is 11.1 Å². The summed E-state index contributed by atoms with van der Waals surface area (Å²) in [5.74, 6) is -0.501. The third-order valence-electron chi connectivity index (χ3n) is 3.47. The summed E-state index contributed by atoms with van der Waals surface area (Å²) < 4.78 is 10.2. The molecule has 6 nitrogen and oxygen atoms in total. The Morgan fingerprint density at radius 1 is 1.29 bits per heavy atom. The van der Waals surface area contributed by atoms with Gasteiger partial charge in [0.2, 0.25) is 0 Å². The molecule has 0 saturated carbocycles. The van der Waals surface area contributed by atoms with E-state index in [0.717, 1.165) is 6.54 Å². The summed E-state index contributed by atoms with van der Waals surface area (Å²) in [6, 6.07) is -0.228. The van der Waals surface area contributed by atoms with Gasteiger partial charge >= 0.3 is 12.1 Å². The van der Waals surface area contributed by atoms with E-state index in [-0.39, 0.29) is 6.07 Å². The van der Waals surface area contributed by atoms with Crippen molar-refractivity contribution in [3.8, 4) is 0 Å². The first-order valence-corrected chi connectivity index (χ1v) is 7.72. The molecule has 1 rings (SSSR count). The maximum Gasteiger partial charge on any atom is 0.408 e. The number of nitrogens with zero attached hydrogens (tertiary/aromatic N) is 1. The Morgan fingerprint density at radius 2 is 1.86 bits per heavy atom. The zero-order chi connectivity index (χ0) is 16.1. The smallest absolute Gasteiger partial charge is 0.408 e. The topological polar surface area (TPSA) is 67.9 Å². The maximum atomic E-state index is 12.2. The molecule has 1 aliphatic rings. The number of amides is 1. The first kappa shape index (κ1) is 18.0. The maximum absolute atomic E-state index is 12.2. The van der Waals surface area contributed by atoms with Gasteiger partial charge in [0.25, 0.3) is 0 Å². The van der Waals surface area contributed by atoms with Crippen LogP contribution in [0.4, 0.5) is 4.79 Å². The van der Waals surface area contributed by atoms with Gasteiger partial charge in [0.15, 0.2) is 6.07 Å². The number of rotatable bonds is 4.